The molecule has 116 valence electrons. The molecule has 0 radical (unpaired) electrons. The minimum absolute atomic E-state index is 0.0565. The third kappa shape index (κ3) is 4.29. The average Bonchev–Trinajstić information content (AvgIpc) is 2.44. The van der Waals surface area contributed by atoms with Crippen LogP contribution in [-0.4, -0.2) is 36.5 Å². The van der Waals surface area contributed by atoms with E-state index in [0.29, 0.717) is 18.6 Å². The summed E-state index contributed by atoms with van der Waals surface area (Å²) in [6.07, 6.45) is 4.31. The molecule has 0 atom stereocenters. The first kappa shape index (κ1) is 16.0. The van der Waals surface area contributed by atoms with Crippen LogP contribution in [0, 0.1) is 13.8 Å². The van der Waals surface area contributed by atoms with Crippen LogP contribution in [0.25, 0.3) is 0 Å². The molecule has 1 aliphatic rings. The second-order valence-corrected chi connectivity index (χ2v) is 6.28. The Morgan fingerprint density at radius 3 is 2.62 bits per heavy atom. The molecule has 1 fully saturated rings. The third-order valence-corrected chi connectivity index (χ3v) is 4.64. The summed E-state index contributed by atoms with van der Waals surface area (Å²) in [5.74, 6) is 0.0565. The first-order chi connectivity index (χ1) is 9.97. The van der Waals surface area contributed by atoms with Gasteiger partial charge in [-0.25, -0.2) is 0 Å². The summed E-state index contributed by atoms with van der Waals surface area (Å²) in [5.41, 5.74) is 9.18. The normalized spacial score (nSPS) is 22.3. The fourth-order valence-electron chi connectivity index (χ4n) is 2.97. The maximum Gasteiger partial charge on any atom is 0.238 e. The largest absolute Gasteiger partial charge is 0.328 e. The number of likely N-dealkylation sites (N-methyl/N-ethyl adjacent to an activating group) is 1. The van der Waals surface area contributed by atoms with Crippen molar-refractivity contribution >= 4 is 11.6 Å². The van der Waals surface area contributed by atoms with E-state index in [4.69, 9.17) is 5.73 Å². The van der Waals surface area contributed by atoms with Crippen molar-refractivity contribution in [1.29, 1.82) is 0 Å². The Bertz CT molecular complexity index is 493. The van der Waals surface area contributed by atoms with Gasteiger partial charge in [0.15, 0.2) is 0 Å². The Hall–Kier alpha value is -1.39. The molecule has 2 rings (SSSR count). The summed E-state index contributed by atoms with van der Waals surface area (Å²) < 4.78 is 0. The smallest absolute Gasteiger partial charge is 0.238 e. The van der Waals surface area contributed by atoms with Gasteiger partial charge in [-0.3, -0.25) is 9.69 Å². The molecule has 1 saturated carbocycles. The van der Waals surface area contributed by atoms with Crippen LogP contribution in [0.5, 0.6) is 0 Å². The molecule has 0 aromatic heterocycles. The van der Waals surface area contributed by atoms with Crippen molar-refractivity contribution in [3.8, 4) is 0 Å². The summed E-state index contributed by atoms with van der Waals surface area (Å²) in [7, 11) is 2.03. The van der Waals surface area contributed by atoms with Gasteiger partial charge in [-0.05, 0) is 63.8 Å². The summed E-state index contributed by atoms with van der Waals surface area (Å²) in [6, 6.07) is 6.82. The van der Waals surface area contributed by atoms with Gasteiger partial charge >= 0.3 is 0 Å². The van der Waals surface area contributed by atoms with Crippen molar-refractivity contribution in [3.05, 3.63) is 29.3 Å². The lowest BCUT2D eigenvalue weighted by Gasteiger charge is -2.33. The van der Waals surface area contributed by atoms with Gasteiger partial charge in [0.25, 0.3) is 0 Å². The number of carbonyl (C=O) groups is 1. The lowest BCUT2D eigenvalue weighted by molar-refractivity contribution is -0.117. The fourth-order valence-corrected chi connectivity index (χ4v) is 2.97. The zero-order chi connectivity index (χ0) is 15.4. The molecule has 4 nitrogen and oxygen atoms in total. The van der Waals surface area contributed by atoms with E-state index < -0.39 is 0 Å². The number of rotatable bonds is 4. The van der Waals surface area contributed by atoms with Gasteiger partial charge < -0.3 is 11.1 Å². The number of nitrogens with two attached hydrogens (primary N) is 1. The van der Waals surface area contributed by atoms with Crippen molar-refractivity contribution in [2.24, 2.45) is 5.73 Å². The number of nitrogens with one attached hydrogen (secondary N) is 1. The lowest BCUT2D eigenvalue weighted by atomic mass is 9.91. The standard InChI is InChI=1S/C17H27N3O/c1-12-5-4-6-16(13(12)2)19-17(21)11-20(3)15-9-7-14(18)8-10-15/h4-6,14-15H,7-11,18H2,1-3H3,(H,19,21). The zero-order valence-electron chi connectivity index (χ0n) is 13.4. The van der Waals surface area contributed by atoms with Gasteiger partial charge in [0, 0.05) is 17.8 Å². The van der Waals surface area contributed by atoms with Gasteiger partial charge in [-0.15, -0.1) is 0 Å². The number of hydrogen-bond donors (Lipinski definition) is 2. The highest BCUT2D eigenvalue weighted by Crippen LogP contribution is 2.21. The summed E-state index contributed by atoms with van der Waals surface area (Å²) in [4.78, 5) is 14.4. The summed E-state index contributed by atoms with van der Waals surface area (Å²) >= 11 is 0. The van der Waals surface area contributed by atoms with Crippen molar-refractivity contribution in [2.75, 3.05) is 18.9 Å². The quantitative estimate of drug-likeness (QED) is 0.895. The van der Waals surface area contributed by atoms with Crippen LogP contribution in [0.3, 0.4) is 0 Å². The van der Waals surface area contributed by atoms with Gasteiger partial charge in [0.2, 0.25) is 5.91 Å². The van der Waals surface area contributed by atoms with E-state index in [1.165, 1.54) is 5.56 Å². The maximum atomic E-state index is 12.2. The minimum Gasteiger partial charge on any atom is -0.328 e. The molecule has 1 aliphatic carbocycles. The van der Waals surface area contributed by atoms with E-state index in [9.17, 15) is 4.79 Å². The number of carbonyl (C=O) groups excluding carboxylic acids is 1. The van der Waals surface area contributed by atoms with Crippen molar-refractivity contribution < 1.29 is 4.79 Å². The monoisotopic (exact) mass is 289 g/mol. The highest BCUT2D eigenvalue weighted by molar-refractivity contribution is 5.93. The number of hydrogen-bond acceptors (Lipinski definition) is 3. The number of amides is 1. The van der Waals surface area contributed by atoms with E-state index in [0.717, 1.165) is 36.9 Å². The third-order valence-electron chi connectivity index (χ3n) is 4.64. The SMILES string of the molecule is Cc1cccc(NC(=O)CN(C)C2CCC(N)CC2)c1C. The first-order valence-corrected chi connectivity index (χ1v) is 7.79. The Balaban J connectivity index is 1.88. The Labute approximate surface area is 127 Å². The molecule has 0 bridgehead atoms. The molecule has 1 aromatic carbocycles. The Morgan fingerprint density at radius 2 is 1.95 bits per heavy atom. The number of aryl methyl sites for hydroxylation is 1. The first-order valence-electron chi connectivity index (χ1n) is 7.79. The van der Waals surface area contributed by atoms with Crippen LogP contribution in [0.2, 0.25) is 0 Å². The molecule has 0 saturated heterocycles. The summed E-state index contributed by atoms with van der Waals surface area (Å²) in [6.45, 7) is 4.53. The number of anilines is 1. The van der Waals surface area contributed by atoms with Crippen molar-refractivity contribution in [1.82, 2.24) is 4.90 Å². The lowest BCUT2D eigenvalue weighted by Crippen LogP contribution is -2.42. The van der Waals surface area contributed by atoms with E-state index >= 15 is 0 Å². The molecule has 0 spiro atoms. The van der Waals surface area contributed by atoms with Gasteiger partial charge in [-0.1, -0.05) is 12.1 Å². The molecule has 4 heteroatoms. The van der Waals surface area contributed by atoms with Gasteiger partial charge in [0.05, 0.1) is 6.54 Å². The predicted molar refractivity (Wildman–Crippen MR) is 87.4 cm³/mol. The second kappa shape index (κ2) is 7.05. The van der Waals surface area contributed by atoms with E-state index in [1.807, 2.05) is 26.1 Å². The highest BCUT2D eigenvalue weighted by Gasteiger charge is 2.23. The molecule has 1 amide bonds. The average molecular weight is 289 g/mol. The van der Waals surface area contributed by atoms with Crippen LogP contribution < -0.4 is 11.1 Å². The van der Waals surface area contributed by atoms with Crippen LogP contribution in [0.15, 0.2) is 18.2 Å². The predicted octanol–water partition coefficient (Wildman–Crippen LogP) is 2.44. The van der Waals surface area contributed by atoms with Crippen molar-refractivity contribution in [2.45, 2.75) is 51.6 Å². The number of benzene rings is 1. The molecular weight excluding hydrogens is 262 g/mol. The van der Waals surface area contributed by atoms with Crippen molar-refractivity contribution in [3.63, 3.8) is 0 Å². The van der Waals surface area contributed by atoms with Crippen LogP contribution in [-0.2, 0) is 4.79 Å². The number of nitrogens with zero attached hydrogens (tertiary/aromatic N) is 1. The zero-order valence-corrected chi connectivity index (χ0v) is 13.4. The molecular formula is C17H27N3O. The topological polar surface area (TPSA) is 58.4 Å². The molecule has 0 aliphatic heterocycles. The molecule has 21 heavy (non-hydrogen) atoms. The second-order valence-electron chi connectivity index (χ2n) is 6.28. The van der Waals surface area contributed by atoms with Crippen LogP contribution >= 0.6 is 0 Å². The van der Waals surface area contributed by atoms with E-state index in [1.54, 1.807) is 0 Å². The molecule has 0 unspecified atom stereocenters. The fraction of sp³-hybridized carbons (Fsp3) is 0.588. The Kier molecular flexibility index (Phi) is 5.37. The van der Waals surface area contributed by atoms with E-state index in [-0.39, 0.29) is 5.91 Å². The maximum absolute atomic E-state index is 12.2. The summed E-state index contributed by atoms with van der Waals surface area (Å²) in [5, 5.41) is 3.02. The molecule has 3 N–H and O–H groups in total. The minimum atomic E-state index is 0.0565. The van der Waals surface area contributed by atoms with Gasteiger partial charge in [0.1, 0.15) is 0 Å². The van der Waals surface area contributed by atoms with E-state index in [2.05, 4.69) is 23.2 Å². The van der Waals surface area contributed by atoms with Crippen LogP contribution in [0.1, 0.15) is 36.8 Å². The van der Waals surface area contributed by atoms with Crippen LogP contribution in [0.4, 0.5) is 5.69 Å². The molecule has 0 heterocycles. The highest BCUT2D eigenvalue weighted by atomic mass is 16.2. The van der Waals surface area contributed by atoms with Gasteiger partial charge in [-0.2, -0.15) is 0 Å². The molecule has 1 aromatic rings. The Morgan fingerprint density at radius 1 is 1.29 bits per heavy atom.